The zero-order chi connectivity index (χ0) is 14.2. The lowest BCUT2D eigenvalue weighted by atomic mass is 9.97. The summed E-state index contributed by atoms with van der Waals surface area (Å²) in [5.74, 6) is -0.379. The van der Waals surface area contributed by atoms with Gasteiger partial charge in [0.2, 0.25) is 0 Å². The Kier molecular flexibility index (Phi) is 3.31. The number of rotatable bonds is 3. The Morgan fingerprint density at radius 1 is 1.50 bits per heavy atom. The standard InChI is InChI=1S/C13H16N4O2S/c14-8-13(3-1-2-4-13)16-10(18)9-7-15-12-17(11(9)19)5-6-20-12/h5-7H,1-4,8,14H2,(H,16,18). The van der Waals surface area contributed by atoms with E-state index >= 15 is 0 Å². The van der Waals surface area contributed by atoms with Crippen LogP contribution in [0, 0.1) is 0 Å². The molecule has 0 aromatic carbocycles. The van der Waals surface area contributed by atoms with E-state index in [0.29, 0.717) is 11.5 Å². The summed E-state index contributed by atoms with van der Waals surface area (Å²) in [4.78, 5) is 29.3. The maximum atomic E-state index is 12.3. The van der Waals surface area contributed by atoms with Crippen LogP contribution in [0.5, 0.6) is 0 Å². The van der Waals surface area contributed by atoms with Crippen molar-refractivity contribution in [3.05, 3.63) is 33.7 Å². The first-order valence-electron chi connectivity index (χ1n) is 6.63. The molecule has 0 bridgehead atoms. The number of aromatic nitrogens is 2. The minimum Gasteiger partial charge on any atom is -0.345 e. The molecule has 0 saturated heterocycles. The highest BCUT2D eigenvalue weighted by molar-refractivity contribution is 7.15. The van der Waals surface area contributed by atoms with E-state index in [-0.39, 0.29) is 22.6 Å². The van der Waals surface area contributed by atoms with Crippen molar-refractivity contribution in [3.63, 3.8) is 0 Å². The predicted octanol–water partition coefficient (Wildman–Crippen LogP) is 0.757. The van der Waals surface area contributed by atoms with Crippen LogP contribution in [0.3, 0.4) is 0 Å². The third-order valence-electron chi connectivity index (χ3n) is 3.92. The molecule has 3 rings (SSSR count). The van der Waals surface area contributed by atoms with Crippen LogP contribution in [-0.2, 0) is 0 Å². The number of nitrogens with two attached hydrogens (primary N) is 1. The van der Waals surface area contributed by atoms with Crippen LogP contribution in [0.15, 0.2) is 22.6 Å². The highest BCUT2D eigenvalue weighted by Gasteiger charge is 2.34. The van der Waals surface area contributed by atoms with Crippen LogP contribution < -0.4 is 16.6 Å². The quantitative estimate of drug-likeness (QED) is 0.874. The summed E-state index contributed by atoms with van der Waals surface area (Å²) in [6.07, 6.45) is 6.81. The Morgan fingerprint density at radius 2 is 2.25 bits per heavy atom. The number of nitrogens with one attached hydrogen (secondary N) is 1. The van der Waals surface area contributed by atoms with Crippen LogP contribution in [-0.4, -0.2) is 27.4 Å². The van der Waals surface area contributed by atoms with E-state index < -0.39 is 0 Å². The largest absolute Gasteiger partial charge is 0.345 e. The monoisotopic (exact) mass is 292 g/mol. The third kappa shape index (κ3) is 2.12. The number of hydrogen-bond acceptors (Lipinski definition) is 5. The smallest absolute Gasteiger partial charge is 0.271 e. The van der Waals surface area contributed by atoms with Crippen LogP contribution >= 0.6 is 11.3 Å². The second-order valence-electron chi connectivity index (χ2n) is 5.18. The van der Waals surface area contributed by atoms with E-state index in [0.717, 1.165) is 25.7 Å². The molecule has 1 aliphatic carbocycles. The van der Waals surface area contributed by atoms with Crippen LogP contribution in [0.4, 0.5) is 0 Å². The third-order valence-corrected chi connectivity index (χ3v) is 4.69. The Labute approximate surface area is 119 Å². The molecule has 2 aromatic heterocycles. The summed E-state index contributed by atoms with van der Waals surface area (Å²) in [5.41, 5.74) is 5.17. The predicted molar refractivity (Wildman–Crippen MR) is 77.1 cm³/mol. The normalized spacial score (nSPS) is 17.4. The minimum absolute atomic E-state index is 0.0700. The van der Waals surface area contributed by atoms with E-state index in [4.69, 9.17) is 5.73 Å². The molecule has 1 fully saturated rings. The van der Waals surface area contributed by atoms with E-state index in [1.54, 1.807) is 11.6 Å². The average molecular weight is 292 g/mol. The van der Waals surface area contributed by atoms with Crippen molar-refractivity contribution in [1.82, 2.24) is 14.7 Å². The molecule has 1 aliphatic rings. The highest BCUT2D eigenvalue weighted by atomic mass is 32.1. The summed E-state index contributed by atoms with van der Waals surface area (Å²) in [6.45, 7) is 0.397. The lowest BCUT2D eigenvalue weighted by Crippen LogP contribution is -2.52. The van der Waals surface area contributed by atoms with Crippen molar-refractivity contribution in [3.8, 4) is 0 Å². The molecule has 6 nitrogen and oxygen atoms in total. The molecule has 1 amide bonds. The molecule has 1 saturated carbocycles. The Hall–Kier alpha value is -1.73. The van der Waals surface area contributed by atoms with E-state index in [1.807, 2.05) is 0 Å². The molecule has 3 N–H and O–H groups in total. The number of carbonyl (C=O) groups is 1. The van der Waals surface area contributed by atoms with E-state index in [2.05, 4.69) is 10.3 Å². The van der Waals surface area contributed by atoms with Crippen molar-refractivity contribution < 1.29 is 4.79 Å². The van der Waals surface area contributed by atoms with Crippen LogP contribution in [0.25, 0.3) is 4.96 Å². The minimum atomic E-state index is -0.379. The van der Waals surface area contributed by atoms with Crippen molar-refractivity contribution >= 4 is 22.2 Å². The van der Waals surface area contributed by atoms with Gasteiger partial charge in [0.05, 0.1) is 5.54 Å². The van der Waals surface area contributed by atoms with Gasteiger partial charge >= 0.3 is 0 Å². The molecule has 2 heterocycles. The lowest BCUT2D eigenvalue weighted by Gasteiger charge is -2.28. The van der Waals surface area contributed by atoms with Crippen molar-refractivity contribution in [2.75, 3.05) is 6.54 Å². The van der Waals surface area contributed by atoms with E-state index in [9.17, 15) is 9.59 Å². The fourth-order valence-corrected chi connectivity index (χ4v) is 3.40. The number of nitrogens with zero attached hydrogens (tertiary/aromatic N) is 2. The SMILES string of the molecule is NCC1(NC(=O)c2cnc3sccn3c2=O)CCCC1. The number of hydrogen-bond donors (Lipinski definition) is 2. The first-order valence-corrected chi connectivity index (χ1v) is 7.51. The van der Waals surface area contributed by atoms with Gasteiger partial charge in [-0.2, -0.15) is 0 Å². The topological polar surface area (TPSA) is 89.5 Å². The Bertz CT molecular complexity index is 700. The molecular formula is C13H16N4O2S. The fraction of sp³-hybridized carbons (Fsp3) is 0.462. The van der Waals surface area contributed by atoms with Gasteiger partial charge < -0.3 is 11.1 Å². The van der Waals surface area contributed by atoms with Crippen molar-refractivity contribution in [2.45, 2.75) is 31.2 Å². The Morgan fingerprint density at radius 3 is 2.95 bits per heavy atom. The molecule has 0 unspecified atom stereocenters. The van der Waals surface area contributed by atoms with Gasteiger partial charge in [0.15, 0.2) is 4.96 Å². The summed E-state index contributed by atoms with van der Waals surface area (Å²) in [6, 6.07) is 0. The zero-order valence-electron chi connectivity index (χ0n) is 11.0. The van der Waals surface area contributed by atoms with Gasteiger partial charge in [0.25, 0.3) is 11.5 Å². The molecule has 7 heteroatoms. The van der Waals surface area contributed by atoms with Gasteiger partial charge in [-0.25, -0.2) is 4.98 Å². The number of carbonyl (C=O) groups excluding carboxylic acids is 1. The van der Waals surface area contributed by atoms with Gasteiger partial charge in [-0.05, 0) is 12.8 Å². The number of fused-ring (bicyclic) bond motifs is 1. The number of thiazole rings is 1. The lowest BCUT2D eigenvalue weighted by molar-refractivity contribution is 0.0901. The summed E-state index contributed by atoms with van der Waals surface area (Å²) in [5, 5.41) is 4.71. The van der Waals surface area contributed by atoms with Crippen molar-refractivity contribution in [2.24, 2.45) is 5.73 Å². The molecular weight excluding hydrogens is 276 g/mol. The summed E-state index contributed by atoms with van der Waals surface area (Å²) in [7, 11) is 0. The molecule has 2 aromatic rings. The second kappa shape index (κ2) is 4.99. The van der Waals surface area contributed by atoms with Crippen LogP contribution in [0.1, 0.15) is 36.0 Å². The van der Waals surface area contributed by atoms with Gasteiger partial charge in [-0.3, -0.25) is 14.0 Å². The molecule has 106 valence electrons. The van der Waals surface area contributed by atoms with E-state index in [1.165, 1.54) is 21.9 Å². The fourth-order valence-electron chi connectivity index (χ4n) is 2.72. The number of amides is 1. The van der Waals surface area contributed by atoms with Crippen molar-refractivity contribution in [1.29, 1.82) is 0 Å². The second-order valence-corrected chi connectivity index (χ2v) is 6.05. The van der Waals surface area contributed by atoms with Gasteiger partial charge in [-0.15, -0.1) is 11.3 Å². The zero-order valence-corrected chi connectivity index (χ0v) is 11.8. The molecule has 0 spiro atoms. The first kappa shape index (κ1) is 13.3. The summed E-state index contributed by atoms with van der Waals surface area (Å²) < 4.78 is 1.39. The van der Waals surface area contributed by atoms with Gasteiger partial charge in [-0.1, -0.05) is 12.8 Å². The molecule has 0 atom stereocenters. The molecule has 0 aliphatic heterocycles. The van der Waals surface area contributed by atoms with Crippen LogP contribution in [0.2, 0.25) is 0 Å². The Balaban J connectivity index is 1.92. The highest BCUT2D eigenvalue weighted by Crippen LogP contribution is 2.28. The first-order chi connectivity index (χ1) is 9.65. The maximum absolute atomic E-state index is 12.3. The molecule has 20 heavy (non-hydrogen) atoms. The molecule has 0 radical (unpaired) electrons. The average Bonchev–Trinajstić information content (AvgIpc) is 3.08. The van der Waals surface area contributed by atoms with Gasteiger partial charge in [0, 0.05) is 24.3 Å². The maximum Gasteiger partial charge on any atom is 0.271 e. The van der Waals surface area contributed by atoms with Gasteiger partial charge in [0.1, 0.15) is 5.56 Å². The summed E-state index contributed by atoms with van der Waals surface area (Å²) >= 11 is 1.36.